The highest BCUT2D eigenvalue weighted by Crippen LogP contribution is 2.31. The SMILES string of the molecule is CCCNC(C)(CC(N)=O)c1cccc2ccccc12. The minimum Gasteiger partial charge on any atom is -0.370 e. The number of amides is 1. The van der Waals surface area contributed by atoms with Crippen LogP contribution in [0.4, 0.5) is 0 Å². The molecular formula is C17H22N2O. The maximum atomic E-state index is 11.5. The van der Waals surface area contributed by atoms with Crippen LogP contribution in [0, 0.1) is 0 Å². The summed E-state index contributed by atoms with van der Waals surface area (Å²) in [5.74, 6) is -0.288. The summed E-state index contributed by atoms with van der Waals surface area (Å²) in [7, 11) is 0. The van der Waals surface area contributed by atoms with Crippen molar-refractivity contribution in [1.82, 2.24) is 5.32 Å². The third-order valence-electron chi connectivity index (χ3n) is 3.68. The van der Waals surface area contributed by atoms with Crippen LogP contribution in [0.2, 0.25) is 0 Å². The Morgan fingerprint density at radius 2 is 1.90 bits per heavy atom. The van der Waals surface area contributed by atoms with Crippen LogP contribution in [0.25, 0.3) is 10.8 Å². The van der Waals surface area contributed by atoms with Crippen molar-refractivity contribution in [2.45, 2.75) is 32.2 Å². The normalized spacial score (nSPS) is 14.1. The highest BCUT2D eigenvalue weighted by molar-refractivity contribution is 5.87. The molecule has 20 heavy (non-hydrogen) atoms. The molecule has 106 valence electrons. The first-order chi connectivity index (χ1) is 9.57. The first-order valence-corrected chi connectivity index (χ1v) is 7.08. The lowest BCUT2D eigenvalue weighted by Crippen LogP contribution is -2.43. The molecule has 3 nitrogen and oxygen atoms in total. The van der Waals surface area contributed by atoms with Crippen LogP contribution in [0.15, 0.2) is 42.5 Å². The summed E-state index contributed by atoms with van der Waals surface area (Å²) in [4.78, 5) is 11.5. The van der Waals surface area contributed by atoms with Gasteiger partial charge in [0.25, 0.3) is 0 Å². The second-order valence-electron chi connectivity index (χ2n) is 5.43. The van der Waals surface area contributed by atoms with E-state index < -0.39 is 5.54 Å². The summed E-state index contributed by atoms with van der Waals surface area (Å²) in [6.45, 7) is 5.02. The van der Waals surface area contributed by atoms with Gasteiger partial charge in [-0.25, -0.2) is 0 Å². The van der Waals surface area contributed by atoms with Crippen LogP contribution in [0.3, 0.4) is 0 Å². The fourth-order valence-electron chi connectivity index (χ4n) is 2.71. The standard InChI is InChI=1S/C17H22N2O/c1-3-11-19-17(2,12-16(18)20)15-10-6-8-13-7-4-5-9-14(13)15/h4-10,19H,3,11-12H2,1-2H3,(H2,18,20). The van der Waals surface area contributed by atoms with E-state index in [2.05, 4.69) is 43.4 Å². The van der Waals surface area contributed by atoms with Gasteiger partial charge < -0.3 is 11.1 Å². The number of nitrogens with two attached hydrogens (primary N) is 1. The Bertz CT molecular complexity index is 603. The van der Waals surface area contributed by atoms with E-state index in [9.17, 15) is 4.79 Å². The Hall–Kier alpha value is -1.87. The van der Waals surface area contributed by atoms with Gasteiger partial charge in [-0.3, -0.25) is 4.79 Å². The monoisotopic (exact) mass is 270 g/mol. The molecule has 1 unspecified atom stereocenters. The molecule has 0 spiro atoms. The summed E-state index contributed by atoms with van der Waals surface area (Å²) in [5.41, 5.74) is 6.15. The van der Waals surface area contributed by atoms with E-state index in [1.54, 1.807) is 0 Å². The summed E-state index contributed by atoms with van der Waals surface area (Å²) >= 11 is 0. The number of nitrogens with one attached hydrogen (secondary N) is 1. The van der Waals surface area contributed by atoms with Gasteiger partial charge in [-0.2, -0.15) is 0 Å². The number of hydrogen-bond acceptors (Lipinski definition) is 2. The van der Waals surface area contributed by atoms with Crippen molar-refractivity contribution in [3.63, 3.8) is 0 Å². The first kappa shape index (κ1) is 14.5. The van der Waals surface area contributed by atoms with Crippen LogP contribution in [-0.4, -0.2) is 12.5 Å². The van der Waals surface area contributed by atoms with Crippen molar-refractivity contribution in [3.05, 3.63) is 48.0 Å². The molecule has 0 radical (unpaired) electrons. The maximum absolute atomic E-state index is 11.5. The molecular weight excluding hydrogens is 248 g/mol. The first-order valence-electron chi connectivity index (χ1n) is 7.08. The van der Waals surface area contributed by atoms with Gasteiger partial charge in [0, 0.05) is 6.42 Å². The van der Waals surface area contributed by atoms with Crippen molar-refractivity contribution in [3.8, 4) is 0 Å². The molecule has 0 fully saturated rings. The quantitative estimate of drug-likeness (QED) is 0.848. The molecule has 2 rings (SSSR count). The van der Waals surface area contributed by atoms with E-state index >= 15 is 0 Å². The number of fused-ring (bicyclic) bond motifs is 1. The zero-order valence-corrected chi connectivity index (χ0v) is 12.1. The summed E-state index contributed by atoms with van der Waals surface area (Å²) in [6, 6.07) is 14.4. The fraction of sp³-hybridized carbons (Fsp3) is 0.353. The van der Waals surface area contributed by atoms with Crippen molar-refractivity contribution >= 4 is 16.7 Å². The van der Waals surface area contributed by atoms with E-state index in [1.807, 2.05) is 18.2 Å². The maximum Gasteiger partial charge on any atom is 0.219 e. The Kier molecular flexibility index (Phi) is 4.40. The van der Waals surface area contributed by atoms with Crippen molar-refractivity contribution in [2.24, 2.45) is 5.73 Å². The molecule has 0 aromatic heterocycles. The molecule has 0 aliphatic rings. The molecule has 2 aromatic rings. The molecule has 3 N–H and O–H groups in total. The molecule has 3 heteroatoms. The second kappa shape index (κ2) is 6.06. The molecule has 0 saturated carbocycles. The molecule has 0 aliphatic heterocycles. The minimum atomic E-state index is -0.428. The van der Waals surface area contributed by atoms with Gasteiger partial charge >= 0.3 is 0 Å². The van der Waals surface area contributed by atoms with Gasteiger partial charge in [0.1, 0.15) is 0 Å². The van der Waals surface area contributed by atoms with Crippen LogP contribution >= 0.6 is 0 Å². The smallest absolute Gasteiger partial charge is 0.219 e. The van der Waals surface area contributed by atoms with Crippen molar-refractivity contribution < 1.29 is 4.79 Å². The van der Waals surface area contributed by atoms with Crippen LogP contribution < -0.4 is 11.1 Å². The number of carbonyl (C=O) groups is 1. The predicted molar refractivity (Wildman–Crippen MR) is 83.4 cm³/mol. The zero-order valence-electron chi connectivity index (χ0n) is 12.1. The van der Waals surface area contributed by atoms with Crippen LogP contribution in [0.1, 0.15) is 32.3 Å². The van der Waals surface area contributed by atoms with Gasteiger partial charge in [-0.1, -0.05) is 49.4 Å². The van der Waals surface area contributed by atoms with E-state index in [0.717, 1.165) is 18.5 Å². The summed E-state index contributed by atoms with van der Waals surface area (Å²) < 4.78 is 0. The number of hydrogen-bond donors (Lipinski definition) is 2. The van der Waals surface area contributed by atoms with E-state index in [4.69, 9.17) is 5.73 Å². The average molecular weight is 270 g/mol. The molecule has 0 heterocycles. The highest BCUT2D eigenvalue weighted by atomic mass is 16.1. The zero-order chi connectivity index (χ0) is 14.6. The molecule has 1 amide bonds. The molecule has 0 bridgehead atoms. The fourth-order valence-corrected chi connectivity index (χ4v) is 2.71. The molecule has 2 aromatic carbocycles. The number of primary amides is 1. The highest BCUT2D eigenvalue weighted by Gasteiger charge is 2.29. The van der Waals surface area contributed by atoms with Gasteiger partial charge in [-0.05, 0) is 36.2 Å². The van der Waals surface area contributed by atoms with Gasteiger partial charge in [0.15, 0.2) is 0 Å². The van der Waals surface area contributed by atoms with Crippen LogP contribution in [0.5, 0.6) is 0 Å². The molecule has 0 aliphatic carbocycles. The van der Waals surface area contributed by atoms with Crippen molar-refractivity contribution in [2.75, 3.05) is 6.54 Å². The van der Waals surface area contributed by atoms with Crippen LogP contribution in [-0.2, 0) is 10.3 Å². The molecule has 0 saturated heterocycles. The summed E-state index contributed by atoms with van der Waals surface area (Å²) in [6.07, 6.45) is 1.31. The lowest BCUT2D eigenvalue weighted by atomic mass is 9.84. The Morgan fingerprint density at radius 3 is 2.60 bits per heavy atom. The average Bonchev–Trinajstić information content (AvgIpc) is 2.44. The van der Waals surface area contributed by atoms with Gasteiger partial charge in [-0.15, -0.1) is 0 Å². The van der Waals surface area contributed by atoms with E-state index in [0.29, 0.717) is 6.42 Å². The Labute approximate surface area is 120 Å². The van der Waals surface area contributed by atoms with Gasteiger partial charge in [0.2, 0.25) is 5.91 Å². The minimum absolute atomic E-state index is 0.288. The molecule has 1 atom stereocenters. The lowest BCUT2D eigenvalue weighted by Gasteiger charge is -2.31. The third-order valence-corrected chi connectivity index (χ3v) is 3.68. The van der Waals surface area contributed by atoms with Gasteiger partial charge in [0.05, 0.1) is 5.54 Å². The van der Waals surface area contributed by atoms with Crippen molar-refractivity contribution in [1.29, 1.82) is 0 Å². The number of carbonyl (C=O) groups excluding carboxylic acids is 1. The van der Waals surface area contributed by atoms with E-state index in [1.165, 1.54) is 10.8 Å². The topological polar surface area (TPSA) is 55.1 Å². The number of rotatable bonds is 6. The Balaban J connectivity index is 2.52. The number of benzene rings is 2. The lowest BCUT2D eigenvalue weighted by molar-refractivity contribution is -0.119. The predicted octanol–water partition coefficient (Wildman–Crippen LogP) is 2.93. The summed E-state index contributed by atoms with van der Waals surface area (Å²) in [5, 5.41) is 5.83. The largest absolute Gasteiger partial charge is 0.370 e. The van der Waals surface area contributed by atoms with E-state index in [-0.39, 0.29) is 5.91 Å². The third kappa shape index (κ3) is 2.99. The second-order valence-corrected chi connectivity index (χ2v) is 5.43. The Morgan fingerprint density at radius 1 is 1.20 bits per heavy atom.